The van der Waals surface area contributed by atoms with E-state index in [1.165, 1.54) is 19.5 Å². The third-order valence-corrected chi connectivity index (χ3v) is 3.29. The van der Waals surface area contributed by atoms with Crippen molar-refractivity contribution in [3.05, 3.63) is 0 Å². The summed E-state index contributed by atoms with van der Waals surface area (Å²) in [6.45, 7) is 11.8. The summed E-state index contributed by atoms with van der Waals surface area (Å²) in [4.78, 5) is 2.61. The van der Waals surface area contributed by atoms with Crippen molar-refractivity contribution in [1.29, 1.82) is 0 Å². The predicted octanol–water partition coefficient (Wildman–Crippen LogP) is 1.71. The molecule has 2 heteroatoms. The molecule has 0 aromatic heterocycles. The summed E-state index contributed by atoms with van der Waals surface area (Å²) >= 11 is 0. The Morgan fingerprint density at radius 2 is 2.08 bits per heavy atom. The Kier molecular flexibility index (Phi) is 3.36. The fourth-order valence-electron chi connectivity index (χ4n) is 2.41. The van der Waals surface area contributed by atoms with E-state index in [2.05, 4.69) is 45.0 Å². The Morgan fingerprint density at radius 3 is 2.46 bits per heavy atom. The molecular formula is C11H24N2. The van der Waals surface area contributed by atoms with Gasteiger partial charge in [-0.05, 0) is 33.2 Å². The topological polar surface area (TPSA) is 15.3 Å². The van der Waals surface area contributed by atoms with Crippen LogP contribution in [0.4, 0.5) is 0 Å². The van der Waals surface area contributed by atoms with Gasteiger partial charge in [-0.2, -0.15) is 0 Å². The first-order chi connectivity index (χ1) is 5.98. The van der Waals surface area contributed by atoms with E-state index in [0.29, 0.717) is 11.6 Å². The van der Waals surface area contributed by atoms with Crippen LogP contribution in [0, 0.1) is 5.92 Å². The molecule has 0 aromatic carbocycles. The number of likely N-dealkylation sites (tertiary alicyclic amines) is 1. The summed E-state index contributed by atoms with van der Waals surface area (Å²) in [5.41, 5.74) is 0.332. The first kappa shape index (κ1) is 11.0. The van der Waals surface area contributed by atoms with E-state index in [9.17, 15) is 0 Å². The summed E-state index contributed by atoms with van der Waals surface area (Å²) in [6, 6.07) is 0.659. The van der Waals surface area contributed by atoms with Crippen LogP contribution in [0.25, 0.3) is 0 Å². The SMILES string of the molecule is CNC1CCN(CC(C)C)C1(C)C. The summed E-state index contributed by atoms with van der Waals surface area (Å²) in [5.74, 6) is 0.773. The Bertz CT molecular complexity index is 163. The van der Waals surface area contributed by atoms with Crippen LogP contribution in [-0.4, -0.2) is 36.6 Å². The van der Waals surface area contributed by atoms with Gasteiger partial charge in [0.1, 0.15) is 0 Å². The number of hydrogen-bond donors (Lipinski definition) is 1. The molecule has 0 bridgehead atoms. The van der Waals surface area contributed by atoms with Crippen molar-refractivity contribution in [2.75, 3.05) is 20.1 Å². The maximum atomic E-state index is 3.42. The highest BCUT2D eigenvalue weighted by Crippen LogP contribution is 2.29. The minimum Gasteiger partial charge on any atom is -0.315 e. The fraction of sp³-hybridized carbons (Fsp3) is 1.00. The molecule has 78 valence electrons. The molecule has 0 spiro atoms. The van der Waals surface area contributed by atoms with Crippen LogP contribution in [0.15, 0.2) is 0 Å². The number of nitrogens with one attached hydrogen (secondary N) is 1. The summed E-state index contributed by atoms with van der Waals surface area (Å²) < 4.78 is 0. The molecule has 1 fully saturated rings. The number of rotatable bonds is 3. The van der Waals surface area contributed by atoms with Gasteiger partial charge >= 0.3 is 0 Å². The Balaban J connectivity index is 2.58. The van der Waals surface area contributed by atoms with Gasteiger partial charge in [-0.25, -0.2) is 0 Å². The van der Waals surface area contributed by atoms with Gasteiger partial charge in [0.15, 0.2) is 0 Å². The van der Waals surface area contributed by atoms with Crippen molar-refractivity contribution < 1.29 is 0 Å². The van der Waals surface area contributed by atoms with E-state index in [4.69, 9.17) is 0 Å². The fourth-order valence-corrected chi connectivity index (χ4v) is 2.41. The predicted molar refractivity (Wildman–Crippen MR) is 58.0 cm³/mol. The zero-order valence-corrected chi connectivity index (χ0v) is 9.72. The molecule has 0 aliphatic carbocycles. The van der Waals surface area contributed by atoms with Gasteiger partial charge < -0.3 is 5.32 Å². The Morgan fingerprint density at radius 1 is 1.46 bits per heavy atom. The lowest BCUT2D eigenvalue weighted by molar-refractivity contribution is 0.137. The molecule has 1 aliphatic heterocycles. The summed E-state index contributed by atoms with van der Waals surface area (Å²) in [7, 11) is 2.07. The van der Waals surface area contributed by atoms with Crippen LogP contribution in [0.3, 0.4) is 0 Å². The normalized spacial score (nSPS) is 28.6. The van der Waals surface area contributed by atoms with Gasteiger partial charge in [-0.1, -0.05) is 13.8 Å². The molecule has 0 radical (unpaired) electrons. The zero-order chi connectivity index (χ0) is 10.1. The molecule has 0 aromatic rings. The molecule has 0 amide bonds. The second kappa shape index (κ2) is 3.97. The Labute approximate surface area is 82.7 Å². The Hall–Kier alpha value is -0.0800. The van der Waals surface area contributed by atoms with E-state index >= 15 is 0 Å². The first-order valence-electron chi connectivity index (χ1n) is 5.40. The largest absolute Gasteiger partial charge is 0.315 e. The summed E-state index contributed by atoms with van der Waals surface area (Å²) in [6.07, 6.45) is 1.29. The molecule has 1 saturated heterocycles. The number of likely N-dealkylation sites (N-methyl/N-ethyl adjacent to an activating group) is 1. The van der Waals surface area contributed by atoms with Crippen LogP contribution >= 0.6 is 0 Å². The minimum atomic E-state index is 0.332. The lowest BCUT2D eigenvalue weighted by Crippen LogP contribution is -2.50. The molecule has 1 atom stereocenters. The molecule has 1 aliphatic rings. The number of hydrogen-bond acceptors (Lipinski definition) is 2. The van der Waals surface area contributed by atoms with E-state index in [1.807, 2.05) is 0 Å². The third-order valence-electron chi connectivity index (χ3n) is 3.29. The first-order valence-corrected chi connectivity index (χ1v) is 5.40. The van der Waals surface area contributed by atoms with Crippen molar-refractivity contribution in [2.24, 2.45) is 5.92 Å². The van der Waals surface area contributed by atoms with E-state index in [-0.39, 0.29) is 0 Å². The highest BCUT2D eigenvalue weighted by molar-refractivity contribution is 4.99. The van der Waals surface area contributed by atoms with Crippen molar-refractivity contribution in [3.63, 3.8) is 0 Å². The van der Waals surface area contributed by atoms with Gasteiger partial charge in [-0.3, -0.25) is 4.90 Å². The average molecular weight is 184 g/mol. The monoisotopic (exact) mass is 184 g/mol. The second-order valence-electron chi connectivity index (χ2n) is 5.12. The van der Waals surface area contributed by atoms with Crippen molar-refractivity contribution >= 4 is 0 Å². The van der Waals surface area contributed by atoms with Crippen LogP contribution in [0.1, 0.15) is 34.1 Å². The van der Waals surface area contributed by atoms with Gasteiger partial charge in [0.2, 0.25) is 0 Å². The average Bonchev–Trinajstić information content (AvgIpc) is 2.26. The minimum absolute atomic E-state index is 0.332. The lowest BCUT2D eigenvalue weighted by Gasteiger charge is -2.36. The van der Waals surface area contributed by atoms with Crippen LogP contribution in [0.5, 0.6) is 0 Å². The highest BCUT2D eigenvalue weighted by Gasteiger charge is 2.39. The molecule has 1 heterocycles. The maximum absolute atomic E-state index is 3.42. The number of nitrogens with zero attached hydrogens (tertiary/aromatic N) is 1. The molecule has 1 N–H and O–H groups in total. The van der Waals surface area contributed by atoms with Gasteiger partial charge in [-0.15, -0.1) is 0 Å². The highest BCUT2D eigenvalue weighted by atomic mass is 15.3. The van der Waals surface area contributed by atoms with E-state index in [1.54, 1.807) is 0 Å². The van der Waals surface area contributed by atoms with Gasteiger partial charge in [0.25, 0.3) is 0 Å². The zero-order valence-electron chi connectivity index (χ0n) is 9.72. The second-order valence-corrected chi connectivity index (χ2v) is 5.12. The van der Waals surface area contributed by atoms with Crippen molar-refractivity contribution in [2.45, 2.75) is 45.7 Å². The van der Waals surface area contributed by atoms with Gasteiger partial charge in [0, 0.05) is 24.7 Å². The maximum Gasteiger partial charge on any atom is 0.0306 e. The standard InChI is InChI=1S/C11H24N2/c1-9(2)8-13-7-6-10(12-5)11(13,3)4/h9-10,12H,6-8H2,1-5H3. The van der Waals surface area contributed by atoms with Crippen LogP contribution < -0.4 is 5.32 Å². The van der Waals surface area contributed by atoms with Gasteiger partial charge in [0.05, 0.1) is 0 Å². The molecule has 0 saturated carbocycles. The third kappa shape index (κ3) is 2.23. The molecule has 2 nitrogen and oxygen atoms in total. The smallest absolute Gasteiger partial charge is 0.0306 e. The molecule has 13 heavy (non-hydrogen) atoms. The van der Waals surface area contributed by atoms with Crippen molar-refractivity contribution in [3.8, 4) is 0 Å². The molecule has 1 unspecified atom stereocenters. The lowest BCUT2D eigenvalue weighted by atomic mass is 9.95. The molecular weight excluding hydrogens is 160 g/mol. The van der Waals surface area contributed by atoms with Crippen molar-refractivity contribution in [1.82, 2.24) is 10.2 Å². The van der Waals surface area contributed by atoms with E-state index in [0.717, 1.165) is 5.92 Å². The summed E-state index contributed by atoms with van der Waals surface area (Å²) in [5, 5.41) is 3.42. The van der Waals surface area contributed by atoms with Crippen LogP contribution in [-0.2, 0) is 0 Å². The van der Waals surface area contributed by atoms with Crippen LogP contribution in [0.2, 0.25) is 0 Å². The molecule has 1 rings (SSSR count). The quantitative estimate of drug-likeness (QED) is 0.718. The van der Waals surface area contributed by atoms with E-state index < -0.39 is 0 Å².